The Kier molecular flexibility index (Phi) is 6.59. The summed E-state index contributed by atoms with van der Waals surface area (Å²) in [6.45, 7) is 3.91. The molecule has 0 unspecified atom stereocenters. The maximum Gasteiger partial charge on any atom is 0.234 e. The van der Waals surface area contributed by atoms with Gasteiger partial charge in [0.15, 0.2) is 5.78 Å². The molecular formula is C18H26N2O2. The zero-order chi connectivity index (χ0) is 15.8. The van der Waals surface area contributed by atoms with E-state index >= 15 is 0 Å². The first-order valence-electron chi connectivity index (χ1n) is 8.21. The molecule has 4 heteroatoms. The summed E-state index contributed by atoms with van der Waals surface area (Å²) in [5.74, 6) is -0.0360. The Bertz CT molecular complexity index is 479. The molecule has 1 amide bonds. The minimum Gasteiger partial charge on any atom is -0.345 e. The number of carbonyl (C=O) groups excluding carboxylic acids is 2. The van der Waals surface area contributed by atoms with Crippen LogP contribution >= 0.6 is 0 Å². The van der Waals surface area contributed by atoms with Crippen LogP contribution < -0.4 is 5.32 Å². The number of likely N-dealkylation sites (tertiary alicyclic amines) is 1. The van der Waals surface area contributed by atoms with Crippen molar-refractivity contribution in [3.05, 3.63) is 35.9 Å². The number of nitrogens with one attached hydrogen (secondary N) is 1. The quantitative estimate of drug-likeness (QED) is 0.876. The van der Waals surface area contributed by atoms with Crippen molar-refractivity contribution in [3.8, 4) is 0 Å². The van der Waals surface area contributed by atoms with Gasteiger partial charge < -0.3 is 5.32 Å². The molecule has 0 bridgehead atoms. The second-order valence-electron chi connectivity index (χ2n) is 6.11. The molecule has 1 aliphatic rings. The third kappa shape index (κ3) is 5.60. The molecule has 2 rings (SSSR count). The lowest BCUT2D eigenvalue weighted by Gasteiger charge is -2.21. The fraction of sp³-hybridized carbons (Fsp3) is 0.556. The molecule has 120 valence electrons. The maximum atomic E-state index is 12.2. The van der Waals surface area contributed by atoms with Crippen molar-refractivity contribution >= 4 is 11.7 Å². The van der Waals surface area contributed by atoms with Crippen LogP contribution in [0.3, 0.4) is 0 Å². The highest BCUT2D eigenvalue weighted by molar-refractivity contribution is 5.88. The van der Waals surface area contributed by atoms with Crippen LogP contribution in [0.25, 0.3) is 0 Å². The van der Waals surface area contributed by atoms with E-state index in [0.717, 1.165) is 31.5 Å². The molecular weight excluding hydrogens is 276 g/mol. The summed E-state index contributed by atoms with van der Waals surface area (Å²) in [7, 11) is 0. The van der Waals surface area contributed by atoms with E-state index in [4.69, 9.17) is 0 Å². The van der Waals surface area contributed by atoms with Crippen LogP contribution in [0.5, 0.6) is 0 Å². The van der Waals surface area contributed by atoms with Crippen molar-refractivity contribution in [3.63, 3.8) is 0 Å². The monoisotopic (exact) mass is 302 g/mol. The zero-order valence-corrected chi connectivity index (χ0v) is 13.4. The average Bonchev–Trinajstić information content (AvgIpc) is 2.76. The molecule has 4 nitrogen and oxygen atoms in total. The largest absolute Gasteiger partial charge is 0.345 e. The molecule has 1 fully saturated rings. The summed E-state index contributed by atoms with van der Waals surface area (Å²) in [4.78, 5) is 26.2. The standard InChI is InChI=1S/C18H26N2O2/c1-15(21)17(13-16-9-5-4-6-10-16)19-18(22)14-20-11-7-2-3-8-12-20/h4-6,9-10,17H,2-3,7-8,11-14H2,1H3,(H,19,22)/t17-/m1/s1. The van der Waals surface area contributed by atoms with E-state index in [-0.39, 0.29) is 11.7 Å². The molecule has 0 saturated carbocycles. The first kappa shape index (κ1) is 16.7. The van der Waals surface area contributed by atoms with E-state index in [1.165, 1.54) is 12.8 Å². The smallest absolute Gasteiger partial charge is 0.234 e. The Balaban J connectivity index is 1.87. The van der Waals surface area contributed by atoms with Crippen molar-refractivity contribution < 1.29 is 9.59 Å². The molecule has 0 radical (unpaired) electrons. The van der Waals surface area contributed by atoms with Crippen LogP contribution in [0.15, 0.2) is 30.3 Å². The van der Waals surface area contributed by atoms with Gasteiger partial charge in [-0.3, -0.25) is 14.5 Å². The normalized spacial score (nSPS) is 17.5. The first-order chi connectivity index (χ1) is 10.6. The molecule has 22 heavy (non-hydrogen) atoms. The summed E-state index contributed by atoms with van der Waals surface area (Å²) >= 11 is 0. The number of amides is 1. The van der Waals surface area contributed by atoms with Crippen molar-refractivity contribution in [1.82, 2.24) is 10.2 Å². The fourth-order valence-electron chi connectivity index (χ4n) is 2.88. The summed E-state index contributed by atoms with van der Waals surface area (Å²) in [6, 6.07) is 9.39. The Hall–Kier alpha value is -1.68. The molecule has 0 aromatic heterocycles. The number of hydrogen-bond donors (Lipinski definition) is 1. The van der Waals surface area contributed by atoms with Crippen LogP contribution in [0, 0.1) is 0 Å². The topological polar surface area (TPSA) is 49.4 Å². The summed E-state index contributed by atoms with van der Waals surface area (Å²) in [6.07, 6.45) is 5.38. The number of rotatable bonds is 6. The second kappa shape index (κ2) is 8.69. The van der Waals surface area contributed by atoms with E-state index in [9.17, 15) is 9.59 Å². The van der Waals surface area contributed by atoms with Gasteiger partial charge in [0.1, 0.15) is 0 Å². The van der Waals surface area contributed by atoms with Crippen LogP contribution in [-0.2, 0) is 16.0 Å². The van der Waals surface area contributed by atoms with Crippen molar-refractivity contribution in [2.24, 2.45) is 0 Å². The van der Waals surface area contributed by atoms with Gasteiger partial charge in [-0.05, 0) is 44.8 Å². The van der Waals surface area contributed by atoms with Gasteiger partial charge in [-0.1, -0.05) is 43.2 Å². The van der Waals surface area contributed by atoms with E-state index in [0.29, 0.717) is 13.0 Å². The van der Waals surface area contributed by atoms with Crippen molar-refractivity contribution in [2.75, 3.05) is 19.6 Å². The number of nitrogens with zero attached hydrogens (tertiary/aromatic N) is 1. The highest BCUT2D eigenvalue weighted by atomic mass is 16.2. The Morgan fingerprint density at radius 2 is 1.73 bits per heavy atom. The number of Topliss-reactive ketones (excluding diaryl/α,β-unsaturated/α-hetero) is 1. The minimum absolute atomic E-state index is 0.00747. The SMILES string of the molecule is CC(=O)[C@@H](Cc1ccccc1)NC(=O)CN1CCCCCC1. The highest BCUT2D eigenvalue weighted by Gasteiger charge is 2.19. The van der Waals surface area contributed by atoms with Crippen molar-refractivity contribution in [1.29, 1.82) is 0 Å². The maximum absolute atomic E-state index is 12.2. The predicted molar refractivity (Wildman–Crippen MR) is 87.7 cm³/mol. The number of ketones is 1. The Morgan fingerprint density at radius 3 is 2.32 bits per heavy atom. The minimum atomic E-state index is -0.429. The van der Waals surface area contributed by atoms with Crippen LogP contribution in [0.1, 0.15) is 38.2 Å². The van der Waals surface area contributed by atoms with Gasteiger partial charge in [0.2, 0.25) is 5.91 Å². The Labute approximate surface area is 132 Å². The van der Waals surface area contributed by atoms with Gasteiger partial charge in [0, 0.05) is 0 Å². The van der Waals surface area contributed by atoms with E-state index in [1.54, 1.807) is 6.92 Å². The number of hydrogen-bond acceptors (Lipinski definition) is 3. The molecule has 1 N–H and O–H groups in total. The van der Waals surface area contributed by atoms with Crippen LogP contribution in [0.2, 0.25) is 0 Å². The molecule has 0 spiro atoms. The van der Waals surface area contributed by atoms with Gasteiger partial charge in [-0.25, -0.2) is 0 Å². The molecule has 1 aromatic carbocycles. The summed E-state index contributed by atoms with van der Waals surface area (Å²) < 4.78 is 0. The molecule has 1 aliphatic heterocycles. The van der Waals surface area contributed by atoms with Crippen molar-refractivity contribution in [2.45, 2.75) is 45.1 Å². The summed E-state index contributed by atoms with van der Waals surface area (Å²) in [5, 5.41) is 2.90. The summed E-state index contributed by atoms with van der Waals surface area (Å²) in [5.41, 5.74) is 1.07. The molecule has 1 atom stereocenters. The average molecular weight is 302 g/mol. The third-order valence-corrected chi connectivity index (χ3v) is 4.17. The highest BCUT2D eigenvalue weighted by Crippen LogP contribution is 2.09. The zero-order valence-electron chi connectivity index (χ0n) is 13.4. The molecule has 1 aromatic rings. The van der Waals surface area contributed by atoms with Crippen LogP contribution in [-0.4, -0.2) is 42.3 Å². The first-order valence-corrected chi connectivity index (χ1v) is 8.21. The molecule has 0 aliphatic carbocycles. The third-order valence-electron chi connectivity index (χ3n) is 4.17. The Morgan fingerprint density at radius 1 is 1.09 bits per heavy atom. The van der Waals surface area contributed by atoms with Gasteiger partial charge in [0.25, 0.3) is 0 Å². The van der Waals surface area contributed by atoms with Gasteiger partial charge in [0.05, 0.1) is 12.6 Å². The second-order valence-corrected chi connectivity index (χ2v) is 6.11. The fourth-order valence-corrected chi connectivity index (χ4v) is 2.88. The van der Waals surface area contributed by atoms with Gasteiger partial charge >= 0.3 is 0 Å². The van der Waals surface area contributed by atoms with Gasteiger partial charge in [-0.15, -0.1) is 0 Å². The lowest BCUT2D eigenvalue weighted by molar-refractivity contribution is -0.127. The van der Waals surface area contributed by atoms with E-state index in [1.807, 2.05) is 30.3 Å². The van der Waals surface area contributed by atoms with E-state index < -0.39 is 6.04 Å². The van der Waals surface area contributed by atoms with Crippen LogP contribution in [0.4, 0.5) is 0 Å². The lowest BCUT2D eigenvalue weighted by Crippen LogP contribution is -2.46. The molecule has 1 saturated heterocycles. The van der Waals surface area contributed by atoms with E-state index in [2.05, 4.69) is 10.2 Å². The van der Waals surface area contributed by atoms with Gasteiger partial charge in [-0.2, -0.15) is 0 Å². The molecule has 1 heterocycles. The predicted octanol–water partition coefficient (Wildman–Crippen LogP) is 2.18. The lowest BCUT2D eigenvalue weighted by atomic mass is 10.0. The number of carbonyl (C=O) groups is 2. The number of benzene rings is 1.